The number of carboxylic acids is 1. The van der Waals surface area contributed by atoms with Gasteiger partial charge in [-0.3, -0.25) is 19.2 Å². The third kappa shape index (κ3) is 9.57. The molecule has 0 unspecified atom stereocenters. The summed E-state index contributed by atoms with van der Waals surface area (Å²) in [7, 11) is 0. The summed E-state index contributed by atoms with van der Waals surface area (Å²) in [4.78, 5) is 69.3. The molecule has 12 heteroatoms. The largest absolute Gasteiger partial charge is 0.478 e. The number of carbonyl (C=O) groups is 6. The number of hydrogen-bond donors (Lipinski definition) is 1. The van der Waals surface area contributed by atoms with Gasteiger partial charge in [-0.05, 0) is 41.5 Å². The van der Waals surface area contributed by atoms with Crippen LogP contribution in [0.1, 0.15) is 38.8 Å². The fourth-order valence-corrected chi connectivity index (χ4v) is 2.99. The molecule has 0 spiro atoms. The highest BCUT2D eigenvalue weighted by molar-refractivity contribution is 5.89. The van der Waals surface area contributed by atoms with E-state index in [9.17, 15) is 33.9 Å². The topological polar surface area (TPSA) is 169 Å². The van der Waals surface area contributed by atoms with Crippen molar-refractivity contribution >= 4 is 41.9 Å². The minimum atomic E-state index is -1.61. The molecule has 0 saturated heterocycles. The van der Waals surface area contributed by atoms with E-state index in [1.807, 2.05) is 0 Å². The maximum absolute atomic E-state index is 12.3. The van der Waals surface area contributed by atoms with Crippen LogP contribution in [0.2, 0.25) is 0 Å². The SMILES string of the molecule is CC(=O)Oc1ccc(/C=C/C(=O)O[C@H](Cc2ccc(OC(C)=O)c(OC(C)=O)c2)C(=O)O)cc1OC(C)=O. The van der Waals surface area contributed by atoms with Crippen molar-refractivity contribution < 1.29 is 57.6 Å². The number of rotatable bonds is 10. The van der Waals surface area contributed by atoms with Crippen molar-refractivity contribution in [3.8, 4) is 23.0 Å². The van der Waals surface area contributed by atoms with E-state index in [1.54, 1.807) is 0 Å². The Morgan fingerprint density at radius 2 is 1.18 bits per heavy atom. The highest BCUT2D eigenvalue weighted by Gasteiger charge is 2.23. The second-order valence-electron chi connectivity index (χ2n) is 7.66. The fraction of sp³-hybridized carbons (Fsp3) is 0.231. The van der Waals surface area contributed by atoms with Gasteiger partial charge in [-0.1, -0.05) is 12.1 Å². The molecule has 2 rings (SSSR count). The van der Waals surface area contributed by atoms with E-state index in [2.05, 4.69) is 0 Å². The molecule has 0 aliphatic carbocycles. The van der Waals surface area contributed by atoms with E-state index in [0.29, 0.717) is 11.1 Å². The lowest BCUT2D eigenvalue weighted by Crippen LogP contribution is -2.28. The Bertz CT molecular complexity index is 1290. The molecule has 0 fully saturated rings. The summed E-state index contributed by atoms with van der Waals surface area (Å²) < 4.78 is 25.0. The van der Waals surface area contributed by atoms with Crippen molar-refractivity contribution in [3.05, 3.63) is 53.6 Å². The quantitative estimate of drug-likeness (QED) is 0.272. The van der Waals surface area contributed by atoms with Gasteiger partial charge in [-0.25, -0.2) is 9.59 Å². The molecular weight excluding hydrogens is 504 g/mol. The van der Waals surface area contributed by atoms with E-state index < -0.39 is 41.9 Å². The summed E-state index contributed by atoms with van der Waals surface area (Å²) in [6, 6.07) is 8.18. The van der Waals surface area contributed by atoms with E-state index in [0.717, 1.165) is 26.8 Å². The molecule has 200 valence electrons. The molecule has 38 heavy (non-hydrogen) atoms. The summed E-state index contributed by atoms with van der Waals surface area (Å²) in [6.45, 7) is 4.62. The monoisotopic (exact) mass is 528 g/mol. The zero-order chi connectivity index (χ0) is 28.4. The van der Waals surface area contributed by atoms with Crippen molar-refractivity contribution in [3.63, 3.8) is 0 Å². The van der Waals surface area contributed by atoms with Gasteiger partial charge in [0.05, 0.1) is 0 Å². The van der Waals surface area contributed by atoms with Crippen LogP contribution in [0.5, 0.6) is 23.0 Å². The molecule has 0 saturated carbocycles. The molecule has 2 aromatic carbocycles. The van der Waals surface area contributed by atoms with E-state index in [4.69, 9.17) is 23.7 Å². The van der Waals surface area contributed by atoms with E-state index in [-0.39, 0.29) is 29.4 Å². The lowest BCUT2D eigenvalue weighted by atomic mass is 10.1. The van der Waals surface area contributed by atoms with Crippen molar-refractivity contribution in [2.24, 2.45) is 0 Å². The molecule has 1 N–H and O–H groups in total. The van der Waals surface area contributed by atoms with Crippen LogP contribution >= 0.6 is 0 Å². The Labute approximate surface area is 216 Å². The zero-order valence-corrected chi connectivity index (χ0v) is 20.8. The zero-order valence-electron chi connectivity index (χ0n) is 20.8. The highest BCUT2D eigenvalue weighted by Crippen LogP contribution is 2.30. The van der Waals surface area contributed by atoms with Gasteiger partial charge in [0.1, 0.15) is 0 Å². The third-order valence-corrected chi connectivity index (χ3v) is 4.36. The summed E-state index contributed by atoms with van der Waals surface area (Å²) in [5.74, 6) is -5.31. The summed E-state index contributed by atoms with van der Waals surface area (Å²) in [5.41, 5.74) is 0.668. The molecule has 2 aromatic rings. The van der Waals surface area contributed by atoms with Crippen LogP contribution in [0, 0.1) is 0 Å². The third-order valence-electron chi connectivity index (χ3n) is 4.36. The average Bonchev–Trinajstić information content (AvgIpc) is 2.79. The average molecular weight is 528 g/mol. The Kier molecular flexibility index (Phi) is 10.3. The number of benzene rings is 2. The molecule has 12 nitrogen and oxygen atoms in total. The first-order valence-electron chi connectivity index (χ1n) is 11.0. The van der Waals surface area contributed by atoms with E-state index in [1.165, 1.54) is 49.4 Å². The van der Waals surface area contributed by atoms with Crippen LogP contribution in [0.25, 0.3) is 6.08 Å². The van der Waals surface area contributed by atoms with Crippen molar-refractivity contribution in [2.45, 2.75) is 40.2 Å². The molecule has 0 heterocycles. The second-order valence-corrected chi connectivity index (χ2v) is 7.66. The minimum absolute atomic E-state index is 0.00814. The predicted molar refractivity (Wildman–Crippen MR) is 128 cm³/mol. The maximum Gasteiger partial charge on any atom is 0.345 e. The Morgan fingerprint density at radius 3 is 1.68 bits per heavy atom. The Hall–Kier alpha value is -5.00. The van der Waals surface area contributed by atoms with Crippen LogP contribution in [-0.2, 0) is 39.9 Å². The van der Waals surface area contributed by atoms with Gasteiger partial charge in [0.15, 0.2) is 23.0 Å². The lowest BCUT2D eigenvalue weighted by molar-refractivity contribution is -0.160. The molecule has 0 radical (unpaired) electrons. The van der Waals surface area contributed by atoms with Crippen LogP contribution < -0.4 is 18.9 Å². The molecule has 1 atom stereocenters. The van der Waals surface area contributed by atoms with E-state index >= 15 is 0 Å². The van der Waals surface area contributed by atoms with Gasteiger partial charge in [-0.2, -0.15) is 0 Å². The second kappa shape index (κ2) is 13.3. The van der Waals surface area contributed by atoms with Crippen molar-refractivity contribution in [1.82, 2.24) is 0 Å². The summed E-state index contributed by atoms with van der Waals surface area (Å²) in [6.07, 6.45) is 0.331. The molecule has 0 amide bonds. The molecule has 0 aliphatic rings. The van der Waals surface area contributed by atoms with Gasteiger partial charge in [0, 0.05) is 40.2 Å². The number of hydrogen-bond acceptors (Lipinski definition) is 11. The van der Waals surface area contributed by atoms with Crippen molar-refractivity contribution in [2.75, 3.05) is 0 Å². The van der Waals surface area contributed by atoms with Gasteiger partial charge < -0.3 is 28.8 Å². The van der Waals surface area contributed by atoms with Gasteiger partial charge in [0.2, 0.25) is 6.10 Å². The van der Waals surface area contributed by atoms with Crippen LogP contribution in [0.15, 0.2) is 42.5 Å². The van der Waals surface area contributed by atoms with Gasteiger partial charge in [-0.15, -0.1) is 0 Å². The maximum atomic E-state index is 12.3. The Balaban J connectivity index is 2.19. The number of ether oxygens (including phenoxy) is 5. The first-order chi connectivity index (χ1) is 17.8. The predicted octanol–water partition coefficient (Wildman–Crippen LogP) is 2.64. The Morgan fingerprint density at radius 1 is 0.711 bits per heavy atom. The van der Waals surface area contributed by atoms with Crippen LogP contribution in [0.4, 0.5) is 0 Å². The highest BCUT2D eigenvalue weighted by atomic mass is 16.6. The molecular formula is C26H24O12. The first kappa shape index (κ1) is 29.2. The van der Waals surface area contributed by atoms with Gasteiger partial charge in [0.25, 0.3) is 0 Å². The van der Waals surface area contributed by atoms with Crippen LogP contribution in [0.3, 0.4) is 0 Å². The number of aliphatic carboxylic acids is 1. The lowest BCUT2D eigenvalue weighted by Gasteiger charge is -2.15. The molecule has 0 aliphatic heterocycles. The number of esters is 5. The molecule has 0 bridgehead atoms. The smallest absolute Gasteiger partial charge is 0.345 e. The summed E-state index contributed by atoms with van der Waals surface area (Å²) in [5, 5.41) is 9.53. The van der Waals surface area contributed by atoms with Crippen molar-refractivity contribution in [1.29, 1.82) is 0 Å². The number of carboxylic acid groups (broad SMARTS) is 1. The fourth-order valence-electron chi connectivity index (χ4n) is 2.99. The standard InChI is InChI=1S/C26H24O12/c1-14(27)34-20-8-5-18(11-22(20)36-16(3)29)7-10-25(31)38-24(26(32)33)13-19-6-9-21(35-15(2)28)23(12-19)37-17(4)30/h5-12,24H,13H2,1-4H3,(H,32,33)/b10-7+/t24-/m1/s1. The molecule has 0 aromatic heterocycles. The van der Waals surface area contributed by atoms with Gasteiger partial charge >= 0.3 is 35.8 Å². The normalized spacial score (nSPS) is 11.3. The van der Waals surface area contributed by atoms with Crippen LogP contribution in [-0.4, -0.2) is 47.0 Å². The summed E-state index contributed by atoms with van der Waals surface area (Å²) >= 11 is 0. The number of carbonyl (C=O) groups excluding carboxylic acids is 5. The minimum Gasteiger partial charge on any atom is -0.478 e. The first-order valence-corrected chi connectivity index (χ1v) is 11.0.